The molecule has 0 unspecified atom stereocenters. The molecule has 0 aromatic heterocycles. The quantitative estimate of drug-likeness (QED) is 0.840. The van der Waals surface area contributed by atoms with Gasteiger partial charge < -0.3 is 5.32 Å². The van der Waals surface area contributed by atoms with Crippen LogP contribution in [0.15, 0.2) is 24.3 Å². The van der Waals surface area contributed by atoms with Crippen molar-refractivity contribution in [2.45, 2.75) is 19.4 Å². The standard InChI is InChI=1S/C11H13BrFNO/c1-8(14-11(15)6-7-12)9-2-4-10(13)5-3-9/h2-5,8H,6-7H2,1H3,(H,14,15)/t8-/m0/s1. The zero-order valence-electron chi connectivity index (χ0n) is 8.47. The van der Waals surface area contributed by atoms with Crippen molar-refractivity contribution < 1.29 is 9.18 Å². The lowest BCUT2D eigenvalue weighted by molar-refractivity contribution is -0.121. The van der Waals surface area contributed by atoms with Crippen molar-refractivity contribution in [2.75, 3.05) is 5.33 Å². The van der Waals surface area contributed by atoms with Crippen LogP contribution in [0.5, 0.6) is 0 Å². The molecule has 1 aromatic rings. The van der Waals surface area contributed by atoms with Gasteiger partial charge in [0.15, 0.2) is 0 Å². The Balaban J connectivity index is 2.57. The van der Waals surface area contributed by atoms with Crippen LogP contribution in [0.3, 0.4) is 0 Å². The normalized spacial score (nSPS) is 12.2. The lowest BCUT2D eigenvalue weighted by Gasteiger charge is -2.13. The first-order chi connectivity index (χ1) is 7.13. The Hall–Kier alpha value is -0.900. The molecular formula is C11H13BrFNO. The van der Waals surface area contributed by atoms with Crippen LogP contribution in [0, 0.1) is 5.82 Å². The van der Waals surface area contributed by atoms with Gasteiger partial charge in [0.05, 0.1) is 6.04 Å². The Kier molecular flexibility index (Phi) is 4.75. The smallest absolute Gasteiger partial charge is 0.221 e. The second-order valence-electron chi connectivity index (χ2n) is 3.28. The summed E-state index contributed by atoms with van der Waals surface area (Å²) in [5.41, 5.74) is 0.902. The third kappa shape index (κ3) is 4.00. The summed E-state index contributed by atoms with van der Waals surface area (Å²) in [6.45, 7) is 1.87. The van der Waals surface area contributed by atoms with Crippen LogP contribution >= 0.6 is 15.9 Å². The Labute approximate surface area is 97.0 Å². The Morgan fingerprint density at radius 2 is 2.07 bits per heavy atom. The number of rotatable bonds is 4. The number of alkyl halides is 1. The van der Waals surface area contributed by atoms with Gasteiger partial charge in [-0.3, -0.25) is 4.79 Å². The zero-order valence-corrected chi connectivity index (χ0v) is 10.1. The molecule has 0 saturated heterocycles. The second-order valence-corrected chi connectivity index (χ2v) is 4.07. The van der Waals surface area contributed by atoms with Gasteiger partial charge in [0.25, 0.3) is 0 Å². The predicted octanol–water partition coefficient (Wildman–Crippen LogP) is 2.79. The van der Waals surface area contributed by atoms with Gasteiger partial charge in [-0.05, 0) is 24.6 Å². The fourth-order valence-corrected chi connectivity index (χ4v) is 1.59. The summed E-state index contributed by atoms with van der Waals surface area (Å²) in [6.07, 6.45) is 0.450. The highest BCUT2D eigenvalue weighted by Crippen LogP contribution is 2.12. The molecule has 15 heavy (non-hydrogen) atoms. The minimum atomic E-state index is -0.266. The van der Waals surface area contributed by atoms with Crippen LogP contribution in [0.2, 0.25) is 0 Å². The summed E-state index contributed by atoms with van der Waals surface area (Å²) in [6, 6.07) is 6.05. The fraction of sp³-hybridized carbons (Fsp3) is 0.364. The monoisotopic (exact) mass is 273 g/mol. The molecule has 1 atom stereocenters. The van der Waals surface area contributed by atoms with E-state index in [1.807, 2.05) is 6.92 Å². The van der Waals surface area contributed by atoms with E-state index in [0.717, 1.165) is 5.56 Å². The van der Waals surface area contributed by atoms with Crippen molar-refractivity contribution in [1.82, 2.24) is 5.32 Å². The molecule has 4 heteroatoms. The van der Waals surface area contributed by atoms with Crippen molar-refractivity contribution in [3.63, 3.8) is 0 Å². The predicted molar refractivity (Wildman–Crippen MR) is 61.4 cm³/mol. The van der Waals surface area contributed by atoms with E-state index in [4.69, 9.17) is 0 Å². The van der Waals surface area contributed by atoms with Gasteiger partial charge in [0, 0.05) is 11.8 Å². The first kappa shape index (κ1) is 12.2. The van der Waals surface area contributed by atoms with Gasteiger partial charge in [-0.25, -0.2) is 4.39 Å². The Morgan fingerprint density at radius 3 is 2.60 bits per heavy atom. The lowest BCUT2D eigenvalue weighted by Crippen LogP contribution is -2.26. The highest BCUT2D eigenvalue weighted by molar-refractivity contribution is 9.09. The number of amides is 1. The van der Waals surface area contributed by atoms with Crippen molar-refractivity contribution in [1.29, 1.82) is 0 Å². The maximum atomic E-state index is 12.6. The van der Waals surface area contributed by atoms with Crippen LogP contribution < -0.4 is 5.32 Å². The minimum absolute atomic E-state index is 0.0105. The molecule has 2 nitrogen and oxygen atoms in total. The van der Waals surface area contributed by atoms with Crippen molar-refractivity contribution in [3.8, 4) is 0 Å². The molecule has 82 valence electrons. The van der Waals surface area contributed by atoms with Crippen LogP contribution in [-0.4, -0.2) is 11.2 Å². The molecule has 0 fully saturated rings. The molecule has 0 aliphatic heterocycles. The summed E-state index contributed by atoms with van der Waals surface area (Å²) in [7, 11) is 0. The topological polar surface area (TPSA) is 29.1 Å². The van der Waals surface area contributed by atoms with E-state index in [-0.39, 0.29) is 17.8 Å². The first-order valence-corrected chi connectivity index (χ1v) is 5.86. The molecule has 0 saturated carbocycles. The van der Waals surface area contributed by atoms with E-state index in [0.29, 0.717) is 11.8 Å². The molecule has 1 N–H and O–H groups in total. The summed E-state index contributed by atoms with van der Waals surface area (Å²) >= 11 is 3.20. The fourth-order valence-electron chi connectivity index (χ4n) is 1.23. The molecule has 1 rings (SSSR count). The van der Waals surface area contributed by atoms with Crippen molar-refractivity contribution in [3.05, 3.63) is 35.6 Å². The maximum absolute atomic E-state index is 12.6. The zero-order chi connectivity index (χ0) is 11.3. The van der Waals surface area contributed by atoms with Gasteiger partial charge in [0.2, 0.25) is 5.91 Å². The molecular weight excluding hydrogens is 261 g/mol. The number of carbonyl (C=O) groups excluding carboxylic acids is 1. The number of benzene rings is 1. The Morgan fingerprint density at radius 1 is 1.47 bits per heavy atom. The van der Waals surface area contributed by atoms with Crippen LogP contribution in [0.4, 0.5) is 4.39 Å². The van der Waals surface area contributed by atoms with E-state index >= 15 is 0 Å². The third-order valence-electron chi connectivity index (χ3n) is 2.07. The molecule has 0 aliphatic rings. The molecule has 1 aromatic carbocycles. The van der Waals surface area contributed by atoms with E-state index < -0.39 is 0 Å². The van der Waals surface area contributed by atoms with Gasteiger partial charge in [-0.2, -0.15) is 0 Å². The van der Waals surface area contributed by atoms with Crippen LogP contribution in [0.25, 0.3) is 0 Å². The maximum Gasteiger partial charge on any atom is 0.221 e. The van der Waals surface area contributed by atoms with Gasteiger partial charge in [-0.15, -0.1) is 0 Å². The highest BCUT2D eigenvalue weighted by atomic mass is 79.9. The molecule has 1 amide bonds. The van der Waals surface area contributed by atoms with Crippen molar-refractivity contribution >= 4 is 21.8 Å². The minimum Gasteiger partial charge on any atom is -0.350 e. The van der Waals surface area contributed by atoms with Gasteiger partial charge in [0.1, 0.15) is 5.82 Å². The van der Waals surface area contributed by atoms with Gasteiger partial charge >= 0.3 is 0 Å². The number of halogens is 2. The van der Waals surface area contributed by atoms with E-state index in [9.17, 15) is 9.18 Å². The Bertz CT molecular complexity index is 326. The lowest BCUT2D eigenvalue weighted by atomic mass is 10.1. The van der Waals surface area contributed by atoms with Crippen LogP contribution in [-0.2, 0) is 4.79 Å². The van der Waals surface area contributed by atoms with Crippen LogP contribution in [0.1, 0.15) is 24.9 Å². The second kappa shape index (κ2) is 5.85. The molecule has 0 heterocycles. The van der Waals surface area contributed by atoms with E-state index in [2.05, 4.69) is 21.2 Å². The number of nitrogens with one attached hydrogen (secondary N) is 1. The number of hydrogen-bond donors (Lipinski definition) is 1. The summed E-state index contributed by atoms with van der Waals surface area (Å²) < 4.78 is 12.6. The van der Waals surface area contributed by atoms with Crippen molar-refractivity contribution in [2.24, 2.45) is 0 Å². The summed E-state index contributed by atoms with van der Waals surface area (Å²) in [4.78, 5) is 11.3. The third-order valence-corrected chi connectivity index (χ3v) is 2.47. The van der Waals surface area contributed by atoms with Gasteiger partial charge in [-0.1, -0.05) is 28.1 Å². The molecule has 0 radical (unpaired) electrons. The SMILES string of the molecule is C[C@H](NC(=O)CCBr)c1ccc(F)cc1. The number of carbonyl (C=O) groups is 1. The first-order valence-electron chi connectivity index (χ1n) is 4.74. The molecule has 0 aliphatic carbocycles. The average molecular weight is 274 g/mol. The summed E-state index contributed by atoms with van der Waals surface area (Å²) in [5.74, 6) is -0.276. The van der Waals surface area contributed by atoms with E-state index in [1.165, 1.54) is 12.1 Å². The van der Waals surface area contributed by atoms with E-state index in [1.54, 1.807) is 12.1 Å². The largest absolute Gasteiger partial charge is 0.350 e. The molecule has 0 bridgehead atoms. The average Bonchev–Trinajstić information content (AvgIpc) is 2.18. The molecule has 0 spiro atoms. The summed E-state index contributed by atoms with van der Waals surface area (Å²) in [5, 5.41) is 3.47. The number of hydrogen-bond acceptors (Lipinski definition) is 1. The highest BCUT2D eigenvalue weighted by Gasteiger charge is 2.08.